The van der Waals surface area contributed by atoms with Gasteiger partial charge in [0, 0.05) is 32.8 Å². The Balaban J connectivity index is 4.47. The molecule has 0 saturated carbocycles. The number of rotatable bonds is 12. The van der Waals surface area contributed by atoms with Crippen molar-refractivity contribution < 1.29 is 4.74 Å². The van der Waals surface area contributed by atoms with E-state index in [2.05, 4.69) is 44.8 Å². The van der Waals surface area contributed by atoms with E-state index in [0.717, 1.165) is 32.8 Å². The molecule has 116 valence electrons. The summed E-state index contributed by atoms with van der Waals surface area (Å²) >= 11 is 0. The van der Waals surface area contributed by atoms with Crippen molar-refractivity contribution in [3.05, 3.63) is 0 Å². The molecule has 1 N–H and O–H groups in total. The minimum atomic E-state index is 0.363. The molecule has 1 atom stereocenters. The fraction of sp³-hybridized carbons (Fsp3) is 1.00. The first-order valence-corrected chi connectivity index (χ1v) is 7.92. The summed E-state index contributed by atoms with van der Waals surface area (Å²) in [6.07, 6.45) is 3.74. The SMILES string of the molecule is CCCNCC(C)(CCC)CN(CCOC)C(C)C. The molecule has 0 bridgehead atoms. The molecular formula is C16H36N2O. The number of nitrogens with one attached hydrogen (secondary N) is 1. The summed E-state index contributed by atoms with van der Waals surface area (Å²) in [7, 11) is 1.78. The zero-order valence-electron chi connectivity index (χ0n) is 14.1. The maximum Gasteiger partial charge on any atom is 0.0589 e. The monoisotopic (exact) mass is 272 g/mol. The summed E-state index contributed by atoms with van der Waals surface area (Å²) in [5.74, 6) is 0. The van der Waals surface area contributed by atoms with Crippen LogP contribution in [0.25, 0.3) is 0 Å². The van der Waals surface area contributed by atoms with Crippen molar-refractivity contribution in [1.82, 2.24) is 10.2 Å². The second kappa shape index (κ2) is 10.6. The van der Waals surface area contributed by atoms with E-state index >= 15 is 0 Å². The molecule has 19 heavy (non-hydrogen) atoms. The first-order chi connectivity index (χ1) is 8.99. The highest BCUT2D eigenvalue weighted by Crippen LogP contribution is 2.24. The Kier molecular flexibility index (Phi) is 10.6. The van der Waals surface area contributed by atoms with Gasteiger partial charge in [-0.25, -0.2) is 0 Å². The number of ether oxygens (including phenoxy) is 1. The zero-order chi connectivity index (χ0) is 14.7. The molecule has 0 aromatic heterocycles. The molecule has 0 fully saturated rings. The van der Waals surface area contributed by atoms with Crippen LogP contribution in [-0.2, 0) is 4.74 Å². The van der Waals surface area contributed by atoms with Crippen LogP contribution in [0.2, 0.25) is 0 Å². The van der Waals surface area contributed by atoms with E-state index in [0.29, 0.717) is 11.5 Å². The van der Waals surface area contributed by atoms with E-state index in [4.69, 9.17) is 4.74 Å². The topological polar surface area (TPSA) is 24.5 Å². The van der Waals surface area contributed by atoms with Crippen molar-refractivity contribution in [3.63, 3.8) is 0 Å². The molecule has 0 rings (SSSR count). The lowest BCUT2D eigenvalue weighted by Gasteiger charge is -2.38. The third-order valence-corrected chi connectivity index (χ3v) is 3.73. The van der Waals surface area contributed by atoms with E-state index in [1.165, 1.54) is 19.3 Å². The molecule has 0 spiro atoms. The van der Waals surface area contributed by atoms with Crippen molar-refractivity contribution in [1.29, 1.82) is 0 Å². The highest BCUT2D eigenvalue weighted by molar-refractivity contribution is 4.82. The number of hydrogen-bond donors (Lipinski definition) is 1. The summed E-state index contributed by atoms with van der Waals surface area (Å²) in [5, 5.41) is 3.60. The van der Waals surface area contributed by atoms with Gasteiger partial charge in [0.2, 0.25) is 0 Å². The normalized spacial score (nSPS) is 15.2. The molecule has 0 saturated heterocycles. The molecule has 3 nitrogen and oxygen atoms in total. The van der Waals surface area contributed by atoms with E-state index in [1.54, 1.807) is 7.11 Å². The highest BCUT2D eigenvalue weighted by atomic mass is 16.5. The van der Waals surface area contributed by atoms with Gasteiger partial charge in [-0.1, -0.05) is 27.2 Å². The van der Waals surface area contributed by atoms with Crippen molar-refractivity contribution in [2.75, 3.05) is 39.9 Å². The minimum Gasteiger partial charge on any atom is -0.383 e. The second-order valence-electron chi connectivity index (χ2n) is 6.29. The predicted octanol–water partition coefficient (Wildman–Crippen LogP) is 3.15. The number of methoxy groups -OCH3 is 1. The molecule has 0 aliphatic rings. The Morgan fingerprint density at radius 2 is 1.89 bits per heavy atom. The van der Waals surface area contributed by atoms with Gasteiger partial charge in [-0.3, -0.25) is 4.90 Å². The average Bonchev–Trinajstić information content (AvgIpc) is 2.35. The molecule has 0 aromatic carbocycles. The molecule has 0 heterocycles. The molecule has 0 radical (unpaired) electrons. The van der Waals surface area contributed by atoms with E-state index in [1.807, 2.05) is 0 Å². The van der Waals surface area contributed by atoms with Crippen molar-refractivity contribution in [2.24, 2.45) is 5.41 Å². The Morgan fingerprint density at radius 1 is 1.21 bits per heavy atom. The lowest BCUT2D eigenvalue weighted by atomic mass is 9.84. The Bertz CT molecular complexity index is 209. The average molecular weight is 272 g/mol. The Labute approximate surface area is 121 Å². The summed E-state index contributed by atoms with van der Waals surface area (Å²) in [5.41, 5.74) is 0.363. The molecule has 1 unspecified atom stereocenters. The van der Waals surface area contributed by atoms with Crippen molar-refractivity contribution in [3.8, 4) is 0 Å². The zero-order valence-corrected chi connectivity index (χ0v) is 14.1. The Morgan fingerprint density at radius 3 is 2.37 bits per heavy atom. The molecule has 0 aromatic rings. The fourth-order valence-electron chi connectivity index (χ4n) is 2.61. The maximum atomic E-state index is 5.24. The van der Waals surface area contributed by atoms with Crippen LogP contribution in [0, 0.1) is 5.41 Å². The van der Waals surface area contributed by atoms with Crippen LogP contribution in [0.3, 0.4) is 0 Å². The smallest absolute Gasteiger partial charge is 0.0589 e. The second-order valence-corrected chi connectivity index (χ2v) is 6.29. The molecule has 0 aliphatic heterocycles. The van der Waals surface area contributed by atoms with Gasteiger partial charge in [0.1, 0.15) is 0 Å². The van der Waals surface area contributed by atoms with Gasteiger partial charge < -0.3 is 10.1 Å². The largest absolute Gasteiger partial charge is 0.383 e. The van der Waals surface area contributed by atoms with Crippen LogP contribution < -0.4 is 5.32 Å². The van der Waals surface area contributed by atoms with Crippen LogP contribution in [0.4, 0.5) is 0 Å². The van der Waals surface area contributed by atoms with Gasteiger partial charge in [-0.05, 0) is 38.6 Å². The van der Waals surface area contributed by atoms with Crippen LogP contribution >= 0.6 is 0 Å². The van der Waals surface area contributed by atoms with Crippen molar-refractivity contribution >= 4 is 0 Å². The van der Waals surface area contributed by atoms with Gasteiger partial charge in [0.25, 0.3) is 0 Å². The summed E-state index contributed by atoms with van der Waals surface area (Å²) < 4.78 is 5.24. The predicted molar refractivity (Wildman–Crippen MR) is 84.8 cm³/mol. The van der Waals surface area contributed by atoms with Gasteiger partial charge in [-0.15, -0.1) is 0 Å². The first-order valence-electron chi connectivity index (χ1n) is 7.92. The lowest BCUT2D eigenvalue weighted by molar-refractivity contribution is 0.0855. The highest BCUT2D eigenvalue weighted by Gasteiger charge is 2.26. The summed E-state index contributed by atoms with van der Waals surface area (Å²) in [6.45, 7) is 16.7. The van der Waals surface area contributed by atoms with Gasteiger partial charge >= 0.3 is 0 Å². The summed E-state index contributed by atoms with van der Waals surface area (Å²) in [6, 6.07) is 0.581. The lowest BCUT2D eigenvalue weighted by Crippen LogP contribution is -2.46. The molecule has 0 aliphatic carbocycles. The van der Waals surface area contributed by atoms with Gasteiger partial charge in [-0.2, -0.15) is 0 Å². The molecule has 0 amide bonds. The van der Waals surface area contributed by atoms with Gasteiger partial charge in [0.15, 0.2) is 0 Å². The summed E-state index contributed by atoms with van der Waals surface area (Å²) in [4.78, 5) is 2.55. The van der Waals surface area contributed by atoms with E-state index < -0.39 is 0 Å². The van der Waals surface area contributed by atoms with Crippen LogP contribution in [0.15, 0.2) is 0 Å². The van der Waals surface area contributed by atoms with Crippen molar-refractivity contribution in [2.45, 2.75) is 59.9 Å². The fourth-order valence-corrected chi connectivity index (χ4v) is 2.61. The number of hydrogen-bond acceptors (Lipinski definition) is 3. The third kappa shape index (κ3) is 8.61. The van der Waals surface area contributed by atoms with Crippen LogP contribution in [0.5, 0.6) is 0 Å². The quantitative estimate of drug-likeness (QED) is 0.552. The first kappa shape index (κ1) is 18.9. The minimum absolute atomic E-state index is 0.363. The molecule has 3 heteroatoms. The standard InChI is InChI=1S/C16H36N2O/c1-7-9-16(5,13-17-10-8-2)14-18(15(3)4)11-12-19-6/h15,17H,7-14H2,1-6H3. The van der Waals surface area contributed by atoms with E-state index in [9.17, 15) is 0 Å². The maximum absolute atomic E-state index is 5.24. The molecular weight excluding hydrogens is 236 g/mol. The Hall–Kier alpha value is -0.120. The van der Waals surface area contributed by atoms with Gasteiger partial charge in [0.05, 0.1) is 6.61 Å². The number of nitrogens with zero attached hydrogens (tertiary/aromatic N) is 1. The van der Waals surface area contributed by atoms with E-state index in [-0.39, 0.29) is 0 Å². The third-order valence-electron chi connectivity index (χ3n) is 3.73. The van der Waals surface area contributed by atoms with Crippen LogP contribution in [-0.4, -0.2) is 50.8 Å². The van der Waals surface area contributed by atoms with Crippen LogP contribution in [0.1, 0.15) is 53.9 Å².